The number of halogens is 1. The summed E-state index contributed by atoms with van der Waals surface area (Å²) in [6.45, 7) is 7.14. The minimum absolute atomic E-state index is 0.276. The second kappa shape index (κ2) is 6.27. The molecule has 8 heteroatoms. The maximum Gasteiger partial charge on any atom is 0.250 e. The van der Waals surface area contributed by atoms with E-state index in [1.54, 1.807) is 13.0 Å². The Kier molecular flexibility index (Phi) is 4.34. The Hall–Kier alpha value is -1.96. The van der Waals surface area contributed by atoms with Crippen molar-refractivity contribution >= 4 is 35.0 Å². The molecule has 3 heterocycles. The van der Waals surface area contributed by atoms with E-state index in [9.17, 15) is 19.5 Å². The zero-order chi connectivity index (χ0) is 20.5. The van der Waals surface area contributed by atoms with Crippen LogP contribution >= 0.6 is 11.6 Å². The lowest BCUT2D eigenvalue weighted by Crippen LogP contribution is -2.55. The normalized spacial score (nSPS) is 33.3. The predicted octanol–water partition coefficient (Wildman–Crippen LogP) is 1.55. The van der Waals surface area contributed by atoms with Crippen molar-refractivity contribution in [2.75, 3.05) is 5.32 Å². The lowest BCUT2D eigenvalue weighted by Gasteiger charge is -2.31. The number of hydrogen-bond acceptors (Lipinski definition) is 5. The van der Waals surface area contributed by atoms with Gasteiger partial charge in [0.2, 0.25) is 17.7 Å². The molecule has 150 valence electrons. The number of fused-ring (bicyclic) bond motifs is 4. The number of amides is 3. The number of aryl methyl sites for hydroxylation is 1. The van der Waals surface area contributed by atoms with Gasteiger partial charge in [0.05, 0.1) is 28.6 Å². The highest BCUT2D eigenvalue weighted by Gasteiger charge is 2.71. The van der Waals surface area contributed by atoms with Crippen LogP contribution in [0.15, 0.2) is 12.1 Å². The highest BCUT2D eigenvalue weighted by Crippen LogP contribution is 2.55. The van der Waals surface area contributed by atoms with Crippen LogP contribution < -0.4 is 10.6 Å². The van der Waals surface area contributed by atoms with Gasteiger partial charge in [-0.25, -0.2) is 0 Å². The summed E-state index contributed by atoms with van der Waals surface area (Å²) in [5, 5.41) is 16.7. The fourth-order valence-electron chi connectivity index (χ4n) is 4.98. The Morgan fingerprint density at radius 2 is 1.93 bits per heavy atom. The SMILES string of the molecule is CC[C@@H](C)N1C(=O)[C@H]2[C@@H]([C@@H](C)O)N[C@@]3(C(=O)Nc4c(Cl)cc(C)cc43)[C@@H]2C1=O. The van der Waals surface area contributed by atoms with E-state index in [1.165, 1.54) is 4.90 Å². The number of nitrogens with one attached hydrogen (secondary N) is 2. The lowest BCUT2D eigenvalue weighted by atomic mass is 9.76. The maximum absolute atomic E-state index is 13.4. The van der Waals surface area contributed by atoms with Gasteiger partial charge in [-0.2, -0.15) is 0 Å². The van der Waals surface area contributed by atoms with Gasteiger partial charge < -0.3 is 10.4 Å². The summed E-state index contributed by atoms with van der Waals surface area (Å²) in [5.41, 5.74) is 0.436. The standard InChI is InChI=1S/C20H24ClN3O4/c1-5-9(3)24-17(26)13-14(18(24)27)20(23-15(13)10(4)25)11-6-8(2)7-12(21)16(11)22-19(20)28/h6-7,9-10,13-15,23,25H,5H2,1-4H3,(H,22,28)/t9-,10-,13-,14+,15-,20-/m1/s1. The average Bonchev–Trinajstić information content (AvgIpc) is 3.21. The maximum atomic E-state index is 13.4. The molecular weight excluding hydrogens is 382 g/mol. The number of hydrogen-bond donors (Lipinski definition) is 3. The van der Waals surface area contributed by atoms with Crippen LogP contribution in [0.5, 0.6) is 0 Å². The van der Waals surface area contributed by atoms with Crippen LogP contribution in [-0.2, 0) is 19.9 Å². The Morgan fingerprint density at radius 3 is 2.54 bits per heavy atom. The topological polar surface area (TPSA) is 98.7 Å². The predicted molar refractivity (Wildman–Crippen MR) is 104 cm³/mol. The van der Waals surface area contributed by atoms with E-state index in [-0.39, 0.29) is 17.9 Å². The van der Waals surface area contributed by atoms with Crippen LogP contribution in [0.2, 0.25) is 5.02 Å². The van der Waals surface area contributed by atoms with Gasteiger partial charge >= 0.3 is 0 Å². The molecule has 1 aromatic carbocycles. The van der Waals surface area contributed by atoms with Gasteiger partial charge in [0.1, 0.15) is 5.54 Å². The summed E-state index contributed by atoms with van der Waals surface area (Å²) in [4.78, 5) is 41.1. The monoisotopic (exact) mass is 405 g/mol. The molecule has 0 aromatic heterocycles. The smallest absolute Gasteiger partial charge is 0.250 e. The Morgan fingerprint density at radius 1 is 1.25 bits per heavy atom. The number of rotatable bonds is 3. The molecule has 0 bridgehead atoms. The Balaban J connectivity index is 1.94. The summed E-state index contributed by atoms with van der Waals surface area (Å²) < 4.78 is 0. The third-order valence-corrected chi connectivity index (χ3v) is 6.74. The van der Waals surface area contributed by atoms with E-state index in [1.807, 2.05) is 26.8 Å². The molecule has 4 rings (SSSR count). The van der Waals surface area contributed by atoms with Gasteiger partial charge in [0, 0.05) is 17.6 Å². The first-order chi connectivity index (χ1) is 13.1. The fourth-order valence-corrected chi connectivity index (χ4v) is 5.30. The van der Waals surface area contributed by atoms with Gasteiger partial charge in [-0.05, 0) is 38.8 Å². The number of nitrogens with zero attached hydrogens (tertiary/aromatic N) is 1. The third-order valence-electron chi connectivity index (χ3n) is 6.44. The first-order valence-corrected chi connectivity index (χ1v) is 9.97. The third kappa shape index (κ3) is 2.27. The van der Waals surface area contributed by atoms with E-state index >= 15 is 0 Å². The number of anilines is 1. The molecule has 3 N–H and O–H groups in total. The minimum atomic E-state index is -1.42. The van der Waals surface area contributed by atoms with Crippen molar-refractivity contribution in [3.05, 3.63) is 28.3 Å². The second-order valence-corrected chi connectivity index (χ2v) is 8.56. The number of benzene rings is 1. The van der Waals surface area contributed by atoms with Gasteiger partial charge in [0.15, 0.2) is 0 Å². The molecule has 7 nitrogen and oxygen atoms in total. The molecule has 1 spiro atoms. The number of likely N-dealkylation sites (tertiary alicyclic amines) is 1. The van der Waals surface area contributed by atoms with E-state index < -0.39 is 35.4 Å². The molecule has 0 radical (unpaired) electrons. The first-order valence-electron chi connectivity index (χ1n) is 9.59. The second-order valence-electron chi connectivity index (χ2n) is 8.15. The van der Waals surface area contributed by atoms with Crippen molar-refractivity contribution in [3.63, 3.8) is 0 Å². The van der Waals surface area contributed by atoms with E-state index in [0.717, 1.165) is 5.56 Å². The number of aliphatic hydroxyl groups is 1. The van der Waals surface area contributed by atoms with Crippen molar-refractivity contribution in [2.45, 2.75) is 57.8 Å². The van der Waals surface area contributed by atoms with Crippen molar-refractivity contribution in [2.24, 2.45) is 11.8 Å². The molecule has 3 aliphatic heterocycles. The summed E-state index contributed by atoms with van der Waals surface area (Å²) >= 11 is 6.36. The average molecular weight is 406 g/mol. The molecular formula is C20H24ClN3O4. The molecule has 0 unspecified atom stereocenters. The van der Waals surface area contributed by atoms with Crippen LogP contribution in [0.1, 0.15) is 38.3 Å². The highest BCUT2D eigenvalue weighted by molar-refractivity contribution is 6.35. The Bertz CT molecular complexity index is 902. The molecule has 28 heavy (non-hydrogen) atoms. The molecule has 3 aliphatic rings. The number of imide groups is 1. The molecule has 0 aliphatic carbocycles. The van der Waals surface area contributed by atoms with Crippen LogP contribution in [0.4, 0.5) is 5.69 Å². The summed E-state index contributed by atoms with van der Waals surface area (Å²) in [5.74, 6) is -2.86. The molecule has 1 aromatic rings. The van der Waals surface area contributed by atoms with Crippen molar-refractivity contribution < 1.29 is 19.5 Å². The quantitative estimate of drug-likeness (QED) is 0.663. The zero-order valence-electron chi connectivity index (χ0n) is 16.2. The van der Waals surface area contributed by atoms with Crippen molar-refractivity contribution in [1.82, 2.24) is 10.2 Å². The lowest BCUT2D eigenvalue weighted by molar-refractivity contribution is -0.145. The molecule has 6 atom stereocenters. The summed E-state index contributed by atoms with van der Waals surface area (Å²) in [6.07, 6.45) is -0.303. The summed E-state index contributed by atoms with van der Waals surface area (Å²) in [7, 11) is 0. The number of carbonyl (C=O) groups excluding carboxylic acids is 3. The van der Waals surface area contributed by atoms with Crippen molar-refractivity contribution in [3.8, 4) is 0 Å². The Labute approximate surface area is 168 Å². The van der Waals surface area contributed by atoms with Gasteiger partial charge in [0.25, 0.3) is 0 Å². The van der Waals surface area contributed by atoms with Crippen LogP contribution in [0.3, 0.4) is 0 Å². The van der Waals surface area contributed by atoms with Crippen LogP contribution in [-0.4, -0.2) is 45.9 Å². The summed E-state index contributed by atoms with van der Waals surface area (Å²) in [6, 6.07) is 2.57. The fraction of sp³-hybridized carbons (Fsp3) is 0.550. The zero-order valence-corrected chi connectivity index (χ0v) is 17.0. The van der Waals surface area contributed by atoms with E-state index in [4.69, 9.17) is 11.6 Å². The number of aliphatic hydroxyl groups excluding tert-OH is 1. The van der Waals surface area contributed by atoms with Gasteiger partial charge in [-0.1, -0.05) is 24.6 Å². The van der Waals surface area contributed by atoms with Crippen molar-refractivity contribution in [1.29, 1.82) is 0 Å². The van der Waals surface area contributed by atoms with Crippen LogP contribution in [0, 0.1) is 18.8 Å². The van der Waals surface area contributed by atoms with Gasteiger partial charge in [-0.3, -0.25) is 24.6 Å². The molecule has 2 fully saturated rings. The van der Waals surface area contributed by atoms with E-state index in [2.05, 4.69) is 10.6 Å². The minimum Gasteiger partial charge on any atom is -0.392 e. The molecule has 3 amide bonds. The molecule has 0 saturated carbocycles. The van der Waals surface area contributed by atoms with Gasteiger partial charge in [-0.15, -0.1) is 0 Å². The number of carbonyl (C=O) groups is 3. The largest absolute Gasteiger partial charge is 0.392 e. The highest BCUT2D eigenvalue weighted by atomic mass is 35.5. The molecule has 2 saturated heterocycles. The van der Waals surface area contributed by atoms with E-state index in [0.29, 0.717) is 22.7 Å². The van der Waals surface area contributed by atoms with Crippen LogP contribution in [0.25, 0.3) is 0 Å². The first kappa shape index (κ1) is 19.4.